The van der Waals surface area contributed by atoms with Crippen LogP contribution >= 0.6 is 34.8 Å². The molecule has 9 heteroatoms. The first kappa shape index (κ1) is 25.6. The fraction of sp³-hybridized carbons (Fsp3) is 0.240. The van der Waals surface area contributed by atoms with Crippen LogP contribution in [0, 0.1) is 18.3 Å². The molecule has 1 aromatic heterocycles. The maximum absolute atomic E-state index is 13.4. The number of pyridine rings is 1. The van der Waals surface area contributed by atoms with Gasteiger partial charge in [0.1, 0.15) is 11.6 Å². The Kier molecular flexibility index (Phi) is 8.27. The average Bonchev–Trinajstić information content (AvgIpc) is 2.79. The van der Waals surface area contributed by atoms with E-state index in [1.165, 1.54) is 19.1 Å². The molecule has 0 aliphatic heterocycles. The summed E-state index contributed by atoms with van der Waals surface area (Å²) in [6.45, 7) is 3.73. The number of carbonyl (C=O) groups is 1. The highest BCUT2D eigenvalue weighted by molar-refractivity contribution is 6.38. The molecule has 2 aromatic carbocycles. The topological polar surface area (TPSA) is 92.3 Å². The van der Waals surface area contributed by atoms with Crippen LogP contribution in [0.25, 0.3) is 0 Å². The number of carbonyl (C=O) groups excluding carboxylic acids is 1. The smallest absolute Gasteiger partial charge is 0.271 e. The minimum absolute atomic E-state index is 0.0564. The molecule has 176 valence electrons. The molecule has 0 aliphatic carbocycles. The van der Waals surface area contributed by atoms with Gasteiger partial charge in [0, 0.05) is 10.6 Å². The average molecular weight is 520 g/mol. The van der Waals surface area contributed by atoms with Crippen molar-refractivity contribution in [2.24, 2.45) is 0 Å². The third kappa shape index (κ3) is 5.07. The summed E-state index contributed by atoms with van der Waals surface area (Å²) >= 11 is 18.8. The Morgan fingerprint density at radius 3 is 2.38 bits per heavy atom. The summed E-state index contributed by atoms with van der Waals surface area (Å²) in [5.41, 5.74) is -0.527. The molecular weight excluding hydrogens is 499 g/mol. The highest BCUT2D eigenvalue weighted by Crippen LogP contribution is 2.36. The number of nitriles is 1. The van der Waals surface area contributed by atoms with Crippen molar-refractivity contribution < 1.29 is 14.6 Å². The lowest BCUT2D eigenvalue weighted by Crippen LogP contribution is -2.27. The number of hydrogen-bond acceptors (Lipinski definition) is 5. The minimum atomic E-state index is -0.732. The predicted octanol–water partition coefficient (Wildman–Crippen LogP) is 6.15. The molecule has 3 aromatic rings. The fourth-order valence-electron chi connectivity index (χ4n) is 3.46. The van der Waals surface area contributed by atoms with Crippen molar-refractivity contribution in [3.05, 3.63) is 89.6 Å². The zero-order valence-corrected chi connectivity index (χ0v) is 20.8. The first-order chi connectivity index (χ1) is 16.2. The van der Waals surface area contributed by atoms with Crippen LogP contribution in [0.2, 0.25) is 15.1 Å². The summed E-state index contributed by atoms with van der Waals surface area (Å²) in [4.78, 5) is 26.4. The van der Waals surface area contributed by atoms with Gasteiger partial charge in [-0.3, -0.25) is 14.2 Å². The van der Waals surface area contributed by atoms with Gasteiger partial charge in [-0.15, -0.1) is 0 Å². The first-order valence-corrected chi connectivity index (χ1v) is 11.6. The van der Waals surface area contributed by atoms with Crippen LogP contribution in [-0.2, 0) is 6.54 Å². The van der Waals surface area contributed by atoms with E-state index in [9.17, 15) is 20.0 Å². The predicted molar refractivity (Wildman–Crippen MR) is 133 cm³/mol. The Morgan fingerprint density at radius 2 is 1.79 bits per heavy atom. The summed E-state index contributed by atoms with van der Waals surface area (Å²) in [5, 5.41) is 21.2. The molecule has 0 radical (unpaired) electrons. The van der Waals surface area contributed by atoms with E-state index >= 15 is 0 Å². The molecule has 1 N–H and O–H groups in total. The Bertz CT molecular complexity index is 1340. The second-order valence-corrected chi connectivity index (χ2v) is 8.81. The van der Waals surface area contributed by atoms with Gasteiger partial charge in [-0.2, -0.15) is 5.26 Å². The summed E-state index contributed by atoms with van der Waals surface area (Å²) < 4.78 is 6.57. The van der Waals surface area contributed by atoms with Gasteiger partial charge in [0.2, 0.25) is 5.88 Å². The third-order valence-electron chi connectivity index (χ3n) is 5.32. The lowest BCUT2D eigenvalue weighted by atomic mass is 9.97. The molecular formula is C25H21Cl3N2O4. The molecule has 0 bridgehead atoms. The first-order valence-electron chi connectivity index (χ1n) is 10.5. The second-order valence-electron chi connectivity index (χ2n) is 7.59. The van der Waals surface area contributed by atoms with E-state index in [1.54, 1.807) is 24.3 Å². The zero-order valence-electron chi connectivity index (χ0n) is 18.5. The number of aromatic hydroxyl groups is 1. The number of aromatic nitrogens is 1. The van der Waals surface area contributed by atoms with Crippen molar-refractivity contribution in [2.75, 3.05) is 6.61 Å². The Hall–Kier alpha value is -2.98. The molecule has 6 nitrogen and oxygen atoms in total. The summed E-state index contributed by atoms with van der Waals surface area (Å²) in [5.74, 6) is -0.971. The molecule has 0 atom stereocenters. The Labute approximate surface area is 211 Å². The molecule has 0 aliphatic rings. The number of ether oxygens (including phenoxy) is 1. The normalized spacial score (nSPS) is 10.7. The number of benzene rings is 2. The van der Waals surface area contributed by atoms with Crippen LogP contribution in [0.5, 0.6) is 11.6 Å². The summed E-state index contributed by atoms with van der Waals surface area (Å²) in [6, 6.07) is 11.4. The van der Waals surface area contributed by atoms with E-state index in [-0.39, 0.29) is 44.6 Å². The van der Waals surface area contributed by atoms with E-state index < -0.39 is 17.2 Å². The van der Waals surface area contributed by atoms with Gasteiger partial charge in [0.25, 0.3) is 5.56 Å². The van der Waals surface area contributed by atoms with E-state index in [2.05, 4.69) is 0 Å². The van der Waals surface area contributed by atoms with Gasteiger partial charge in [0.15, 0.2) is 11.5 Å². The van der Waals surface area contributed by atoms with Gasteiger partial charge in [-0.1, -0.05) is 66.3 Å². The second kappa shape index (κ2) is 11.0. The van der Waals surface area contributed by atoms with E-state index in [4.69, 9.17) is 39.5 Å². The minimum Gasteiger partial charge on any atom is -0.494 e. The number of hydrogen-bond donors (Lipinski definition) is 1. The lowest BCUT2D eigenvalue weighted by Gasteiger charge is -2.17. The summed E-state index contributed by atoms with van der Waals surface area (Å²) in [7, 11) is 0. The lowest BCUT2D eigenvalue weighted by molar-refractivity contribution is 0.103. The van der Waals surface area contributed by atoms with Crippen LogP contribution in [0.3, 0.4) is 0 Å². The van der Waals surface area contributed by atoms with E-state index in [0.29, 0.717) is 17.2 Å². The molecule has 3 rings (SSSR count). The van der Waals surface area contributed by atoms with Crippen LogP contribution < -0.4 is 10.3 Å². The van der Waals surface area contributed by atoms with Crippen LogP contribution in [0.4, 0.5) is 0 Å². The van der Waals surface area contributed by atoms with Gasteiger partial charge in [0.05, 0.1) is 28.8 Å². The van der Waals surface area contributed by atoms with Crippen molar-refractivity contribution in [2.45, 2.75) is 33.2 Å². The van der Waals surface area contributed by atoms with E-state index in [1.807, 2.05) is 13.0 Å². The molecule has 0 spiro atoms. The molecule has 0 saturated heterocycles. The highest BCUT2D eigenvalue weighted by atomic mass is 35.5. The molecule has 0 fully saturated rings. The highest BCUT2D eigenvalue weighted by Gasteiger charge is 2.26. The number of ketones is 1. The maximum Gasteiger partial charge on any atom is 0.271 e. The van der Waals surface area contributed by atoms with Gasteiger partial charge in [-0.25, -0.2) is 0 Å². The Morgan fingerprint density at radius 1 is 1.15 bits per heavy atom. The van der Waals surface area contributed by atoms with Crippen molar-refractivity contribution in [1.82, 2.24) is 4.57 Å². The van der Waals surface area contributed by atoms with Crippen molar-refractivity contribution in [1.29, 1.82) is 5.26 Å². The quantitative estimate of drug-likeness (QED) is 0.284. The number of nitrogens with zero attached hydrogens (tertiary/aromatic N) is 2. The maximum atomic E-state index is 13.4. The van der Waals surface area contributed by atoms with E-state index in [0.717, 1.165) is 17.4 Å². The van der Waals surface area contributed by atoms with Crippen LogP contribution in [0.1, 0.15) is 52.4 Å². The molecule has 0 unspecified atom stereocenters. The molecule has 34 heavy (non-hydrogen) atoms. The Balaban J connectivity index is 2.13. The van der Waals surface area contributed by atoms with Gasteiger partial charge < -0.3 is 9.84 Å². The standard InChI is InChI=1S/C25H21Cl3N2O4/c1-3-4-9-34-23-19(27)10-16(11-20(23)28)22(31)21-14(2)17(12-29)24(32)30(25(21)33)13-15-7-5-6-8-18(15)26/h5-8,10-11,33H,3-4,9,13H2,1-2H3. The number of rotatable bonds is 8. The largest absolute Gasteiger partial charge is 0.494 e. The SMILES string of the molecule is CCCCOc1c(Cl)cc(C(=O)c2c(C)c(C#N)c(=O)n(Cc3ccccc3Cl)c2O)cc1Cl. The zero-order chi connectivity index (χ0) is 25.0. The van der Waals surface area contributed by atoms with Gasteiger partial charge in [-0.05, 0) is 42.7 Å². The van der Waals surface area contributed by atoms with Gasteiger partial charge >= 0.3 is 0 Å². The van der Waals surface area contributed by atoms with Crippen molar-refractivity contribution >= 4 is 40.6 Å². The number of halogens is 3. The van der Waals surface area contributed by atoms with Crippen molar-refractivity contribution in [3.63, 3.8) is 0 Å². The van der Waals surface area contributed by atoms with Crippen LogP contribution in [-0.4, -0.2) is 22.1 Å². The molecule has 1 heterocycles. The fourth-order valence-corrected chi connectivity index (χ4v) is 4.25. The summed E-state index contributed by atoms with van der Waals surface area (Å²) in [6.07, 6.45) is 1.74. The molecule has 0 amide bonds. The molecule has 0 saturated carbocycles. The van der Waals surface area contributed by atoms with Crippen molar-refractivity contribution in [3.8, 4) is 17.7 Å². The van der Waals surface area contributed by atoms with Crippen LogP contribution in [0.15, 0.2) is 41.2 Å². The number of unbranched alkanes of at least 4 members (excludes halogenated alkanes) is 1. The third-order valence-corrected chi connectivity index (χ3v) is 6.25. The monoisotopic (exact) mass is 518 g/mol.